The quantitative estimate of drug-likeness (QED) is 0.585. The number of benzene rings is 1. The van der Waals surface area contributed by atoms with Gasteiger partial charge in [0.25, 0.3) is 10.0 Å². The number of aromatic nitrogens is 3. The van der Waals surface area contributed by atoms with Crippen molar-refractivity contribution in [3.63, 3.8) is 0 Å². The van der Waals surface area contributed by atoms with Gasteiger partial charge in [0.15, 0.2) is 0 Å². The second-order valence-electron chi connectivity index (χ2n) is 7.86. The molecule has 0 saturated heterocycles. The molecular weight excluding hydrogens is 370 g/mol. The molecule has 3 aromatic rings. The maximum atomic E-state index is 13.2. The Morgan fingerprint density at radius 3 is 2.25 bits per heavy atom. The Bertz CT molecular complexity index is 1040. The Hall–Kier alpha value is -2.47. The lowest BCUT2D eigenvalue weighted by Gasteiger charge is -2.15. The minimum Gasteiger partial charge on any atom is -0.257 e. The summed E-state index contributed by atoms with van der Waals surface area (Å²) in [6.07, 6.45) is 4.93. The molecule has 1 aromatic carbocycles. The highest BCUT2D eigenvalue weighted by molar-refractivity contribution is 7.90. The molecule has 148 valence electrons. The van der Waals surface area contributed by atoms with Crippen LogP contribution in [0.3, 0.4) is 0 Å². The van der Waals surface area contributed by atoms with Gasteiger partial charge in [0.1, 0.15) is 5.69 Å². The van der Waals surface area contributed by atoms with Crippen LogP contribution in [0.5, 0.6) is 0 Å². The van der Waals surface area contributed by atoms with Gasteiger partial charge in [-0.1, -0.05) is 45.9 Å². The Morgan fingerprint density at radius 1 is 0.929 bits per heavy atom. The average Bonchev–Trinajstić information content (AvgIpc) is 3.13. The SMILES string of the molecule is CC(C)Cc1cnc(CC(C)C)c(-c2cccn2S(=O)(=O)c2ccccc2)n1. The van der Waals surface area contributed by atoms with Crippen molar-refractivity contribution in [3.05, 3.63) is 66.2 Å². The fourth-order valence-corrected chi connectivity index (χ4v) is 4.54. The topological polar surface area (TPSA) is 64.8 Å². The van der Waals surface area contributed by atoms with E-state index in [-0.39, 0.29) is 4.90 Å². The zero-order valence-electron chi connectivity index (χ0n) is 16.8. The zero-order chi connectivity index (χ0) is 20.3. The predicted molar refractivity (Wildman–Crippen MR) is 112 cm³/mol. The van der Waals surface area contributed by atoms with Crippen LogP contribution in [-0.2, 0) is 22.9 Å². The second kappa shape index (κ2) is 8.27. The van der Waals surface area contributed by atoms with Crippen LogP contribution in [0.2, 0.25) is 0 Å². The van der Waals surface area contributed by atoms with Gasteiger partial charge in [0.05, 0.1) is 22.0 Å². The third-order valence-corrected chi connectivity index (χ3v) is 6.08. The minimum atomic E-state index is -3.71. The molecule has 0 aliphatic carbocycles. The van der Waals surface area contributed by atoms with Crippen molar-refractivity contribution in [2.24, 2.45) is 11.8 Å². The van der Waals surface area contributed by atoms with Gasteiger partial charge < -0.3 is 0 Å². The third-order valence-electron chi connectivity index (χ3n) is 4.37. The molecule has 2 heterocycles. The van der Waals surface area contributed by atoms with E-state index in [2.05, 4.69) is 32.7 Å². The molecule has 0 radical (unpaired) electrons. The number of hydrogen-bond donors (Lipinski definition) is 0. The summed E-state index contributed by atoms with van der Waals surface area (Å²) in [7, 11) is -3.71. The second-order valence-corrected chi connectivity index (χ2v) is 9.67. The van der Waals surface area contributed by atoms with Crippen molar-refractivity contribution in [1.29, 1.82) is 0 Å². The molecule has 3 rings (SSSR count). The summed E-state index contributed by atoms with van der Waals surface area (Å²) >= 11 is 0. The number of nitrogens with zero attached hydrogens (tertiary/aromatic N) is 3. The summed E-state index contributed by atoms with van der Waals surface area (Å²) in [6, 6.07) is 12.0. The molecule has 0 aliphatic heterocycles. The molecule has 0 unspecified atom stereocenters. The smallest absolute Gasteiger partial charge is 0.257 e. The standard InChI is InChI=1S/C22H27N3O2S/c1-16(2)13-18-15-23-20(14-17(3)4)22(24-18)21-11-8-12-25(21)28(26,27)19-9-6-5-7-10-19/h5-12,15-17H,13-14H2,1-4H3. The van der Waals surface area contributed by atoms with Crippen LogP contribution in [0.1, 0.15) is 39.1 Å². The van der Waals surface area contributed by atoms with Crippen LogP contribution < -0.4 is 0 Å². The first-order valence-electron chi connectivity index (χ1n) is 9.62. The molecule has 0 aliphatic rings. The normalized spacial score (nSPS) is 12.1. The third kappa shape index (κ3) is 4.33. The summed E-state index contributed by atoms with van der Waals surface area (Å²) in [5, 5.41) is 0. The molecule has 0 amide bonds. The first-order valence-corrected chi connectivity index (χ1v) is 11.1. The van der Waals surface area contributed by atoms with E-state index >= 15 is 0 Å². The summed E-state index contributed by atoms with van der Waals surface area (Å²) in [6.45, 7) is 8.50. The molecule has 0 atom stereocenters. The Kier molecular flexibility index (Phi) is 5.98. The monoisotopic (exact) mass is 397 g/mol. The van der Waals surface area contributed by atoms with Crippen LogP contribution in [0.25, 0.3) is 11.4 Å². The molecule has 0 spiro atoms. The van der Waals surface area contributed by atoms with Gasteiger partial charge in [-0.05, 0) is 48.9 Å². The van der Waals surface area contributed by atoms with Crippen molar-refractivity contribution in [1.82, 2.24) is 13.9 Å². The van der Waals surface area contributed by atoms with Gasteiger partial charge in [-0.2, -0.15) is 0 Å². The van der Waals surface area contributed by atoms with E-state index in [1.165, 1.54) is 3.97 Å². The number of hydrogen-bond acceptors (Lipinski definition) is 4. The van der Waals surface area contributed by atoms with E-state index in [0.717, 1.165) is 24.2 Å². The van der Waals surface area contributed by atoms with Crippen molar-refractivity contribution in [3.8, 4) is 11.4 Å². The summed E-state index contributed by atoms with van der Waals surface area (Å²) < 4.78 is 27.7. The Labute approximate surface area is 167 Å². The molecule has 0 saturated carbocycles. The maximum absolute atomic E-state index is 13.2. The predicted octanol–water partition coefficient (Wildman–Crippen LogP) is 4.58. The highest BCUT2D eigenvalue weighted by Gasteiger charge is 2.23. The fourth-order valence-electron chi connectivity index (χ4n) is 3.17. The lowest BCUT2D eigenvalue weighted by atomic mass is 10.0. The van der Waals surface area contributed by atoms with Crippen molar-refractivity contribution < 1.29 is 8.42 Å². The molecule has 0 bridgehead atoms. The molecule has 6 heteroatoms. The summed E-state index contributed by atoms with van der Waals surface area (Å²) in [5.74, 6) is 0.830. The van der Waals surface area contributed by atoms with Crippen LogP contribution in [0.15, 0.2) is 59.8 Å². The molecule has 2 aromatic heterocycles. The van der Waals surface area contributed by atoms with Crippen molar-refractivity contribution in [2.75, 3.05) is 0 Å². The Morgan fingerprint density at radius 2 is 1.61 bits per heavy atom. The van der Waals surface area contributed by atoms with Crippen molar-refractivity contribution in [2.45, 2.75) is 45.4 Å². The molecular formula is C22H27N3O2S. The molecule has 0 N–H and O–H groups in total. The van der Waals surface area contributed by atoms with E-state index in [9.17, 15) is 8.42 Å². The molecule has 0 fully saturated rings. The van der Waals surface area contributed by atoms with Crippen LogP contribution in [0, 0.1) is 11.8 Å². The van der Waals surface area contributed by atoms with Gasteiger partial charge in [0.2, 0.25) is 0 Å². The first-order chi connectivity index (χ1) is 13.3. The van der Waals surface area contributed by atoms with E-state index in [4.69, 9.17) is 4.98 Å². The van der Waals surface area contributed by atoms with Gasteiger partial charge in [-0.15, -0.1) is 0 Å². The highest BCUT2D eigenvalue weighted by atomic mass is 32.2. The average molecular weight is 398 g/mol. The largest absolute Gasteiger partial charge is 0.268 e. The molecule has 28 heavy (non-hydrogen) atoms. The van der Waals surface area contributed by atoms with Crippen LogP contribution in [-0.4, -0.2) is 22.4 Å². The van der Waals surface area contributed by atoms with E-state index in [0.29, 0.717) is 23.2 Å². The fraction of sp³-hybridized carbons (Fsp3) is 0.364. The minimum absolute atomic E-state index is 0.254. The zero-order valence-corrected chi connectivity index (χ0v) is 17.6. The van der Waals surface area contributed by atoms with Gasteiger partial charge >= 0.3 is 0 Å². The van der Waals surface area contributed by atoms with E-state index < -0.39 is 10.0 Å². The van der Waals surface area contributed by atoms with Gasteiger partial charge in [0, 0.05) is 12.4 Å². The maximum Gasteiger partial charge on any atom is 0.268 e. The lowest BCUT2D eigenvalue weighted by Crippen LogP contribution is -2.15. The first kappa shape index (κ1) is 20.3. The van der Waals surface area contributed by atoms with Crippen molar-refractivity contribution >= 4 is 10.0 Å². The summed E-state index contributed by atoms with van der Waals surface area (Å²) in [5.41, 5.74) is 2.90. The summed E-state index contributed by atoms with van der Waals surface area (Å²) in [4.78, 5) is 9.74. The lowest BCUT2D eigenvalue weighted by molar-refractivity contribution is 0.587. The highest BCUT2D eigenvalue weighted by Crippen LogP contribution is 2.27. The Balaban J connectivity index is 2.15. The van der Waals surface area contributed by atoms with Crippen LogP contribution in [0.4, 0.5) is 0 Å². The van der Waals surface area contributed by atoms with E-state index in [1.807, 2.05) is 6.20 Å². The number of rotatable bonds is 7. The molecule has 5 nitrogen and oxygen atoms in total. The van der Waals surface area contributed by atoms with Gasteiger partial charge in [-0.25, -0.2) is 17.4 Å². The van der Waals surface area contributed by atoms with Crippen LogP contribution >= 0.6 is 0 Å². The van der Waals surface area contributed by atoms with Gasteiger partial charge in [-0.3, -0.25) is 4.98 Å². The van der Waals surface area contributed by atoms with E-state index in [1.54, 1.807) is 48.7 Å².